The maximum atomic E-state index is 11.0. The predicted molar refractivity (Wildman–Crippen MR) is 110 cm³/mol. The molecule has 0 unspecified atom stereocenters. The highest BCUT2D eigenvalue weighted by molar-refractivity contribution is 5.88. The van der Waals surface area contributed by atoms with Crippen LogP contribution < -0.4 is 16.0 Å². The standard InChI is InChI=1S/C20H34N4O3/c1-4-5-13-26-15-16-27-14-12-23-20(21-3)22-11-10-18-6-8-19(9-7-18)24-17(2)25/h6-9H,4-5,10-16H2,1-3H3,(H,24,25)(H2,21,22,23). The largest absolute Gasteiger partial charge is 0.379 e. The number of hydrogen-bond acceptors (Lipinski definition) is 4. The van der Waals surface area contributed by atoms with Gasteiger partial charge in [-0.2, -0.15) is 0 Å². The Morgan fingerprint density at radius 1 is 1.00 bits per heavy atom. The number of benzene rings is 1. The molecule has 0 fully saturated rings. The number of aliphatic imine (C=N–C) groups is 1. The van der Waals surface area contributed by atoms with Gasteiger partial charge in [0.15, 0.2) is 5.96 Å². The first-order valence-corrected chi connectivity index (χ1v) is 9.62. The Morgan fingerprint density at radius 2 is 1.67 bits per heavy atom. The van der Waals surface area contributed by atoms with E-state index in [0.717, 1.165) is 44.1 Å². The maximum absolute atomic E-state index is 11.0. The van der Waals surface area contributed by atoms with Gasteiger partial charge in [-0.25, -0.2) is 0 Å². The SMILES string of the molecule is CCCCOCCOCCNC(=NC)NCCc1ccc(NC(C)=O)cc1. The third-order valence-electron chi connectivity index (χ3n) is 3.76. The summed E-state index contributed by atoms with van der Waals surface area (Å²) in [5, 5.41) is 9.26. The molecule has 1 aromatic carbocycles. The molecule has 0 spiro atoms. The fourth-order valence-corrected chi connectivity index (χ4v) is 2.31. The lowest BCUT2D eigenvalue weighted by Crippen LogP contribution is -2.39. The van der Waals surface area contributed by atoms with Gasteiger partial charge in [0.05, 0.1) is 19.8 Å². The van der Waals surface area contributed by atoms with Crippen LogP contribution in [0.5, 0.6) is 0 Å². The van der Waals surface area contributed by atoms with Crippen LogP contribution in [0.1, 0.15) is 32.3 Å². The molecule has 0 aromatic heterocycles. The quantitative estimate of drug-likeness (QED) is 0.278. The van der Waals surface area contributed by atoms with E-state index in [0.29, 0.717) is 26.4 Å². The third kappa shape index (κ3) is 12.0. The van der Waals surface area contributed by atoms with Crippen molar-refractivity contribution in [2.45, 2.75) is 33.1 Å². The number of carbonyl (C=O) groups excluding carboxylic acids is 1. The van der Waals surface area contributed by atoms with E-state index in [1.54, 1.807) is 7.05 Å². The highest BCUT2D eigenvalue weighted by atomic mass is 16.5. The van der Waals surface area contributed by atoms with Gasteiger partial charge in [-0.1, -0.05) is 25.5 Å². The molecule has 0 radical (unpaired) electrons. The van der Waals surface area contributed by atoms with Gasteiger partial charge < -0.3 is 25.4 Å². The monoisotopic (exact) mass is 378 g/mol. The van der Waals surface area contributed by atoms with Crippen LogP contribution in [-0.2, 0) is 20.7 Å². The normalized spacial score (nSPS) is 11.3. The van der Waals surface area contributed by atoms with Crippen molar-refractivity contribution in [2.24, 2.45) is 4.99 Å². The number of nitrogens with zero attached hydrogens (tertiary/aromatic N) is 1. The van der Waals surface area contributed by atoms with E-state index in [2.05, 4.69) is 27.9 Å². The summed E-state index contributed by atoms with van der Waals surface area (Å²) >= 11 is 0. The zero-order valence-corrected chi connectivity index (χ0v) is 16.8. The van der Waals surface area contributed by atoms with Crippen LogP contribution in [0.3, 0.4) is 0 Å². The summed E-state index contributed by atoms with van der Waals surface area (Å²) in [6.45, 7) is 7.80. The number of amides is 1. The van der Waals surface area contributed by atoms with Crippen LogP contribution in [0.25, 0.3) is 0 Å². The van der Waals surface area contributed by atoms with Crippen LogP contribution in [0.4, 0.5) is 5.69 Å². The molecule has 0 aliphatic rings. The van der Waals surface area contributed by atoms with Crippen LogP contribution in [0, 0.1) is 0 Å². The second-order valence-corrected chi connectivity index (χ2v) is 6.13. The van der Waals surface area contributed by atoms with Gasteiger partial charge in [-0.3, -0.25) is 9.79 Å². The number of anilines is 1. The van der Waals surface area contributed by atoms with Gasteiger partial charge in [-0.05, 0) is 30.5 Å². The molecule has 0 saturated carbocycles. The predicted octanol–water partition coefficient (Wildman–Crippen LogP) is 2.19. The smallest absolute Gasteiger partial charge is 0.221 e. The Labute approximate surface area is 162 Å². The van der Waals surface area contributed by atoms with E-state index in [-0.39, 0.29) is 5.91 Å². The van der Waals surface area contributed by atoms with Crippen molar-refractivity contribution in [2.75, 3.05) is 51.9 Å². The number of ether oxygens (including phenoxy) is 2. The molecule has 7 nitrogen and oxygen atoms in total. The summed E-state index contributed by atoms with van der Waals surface area (Å²) in [6.07, 6.45) is 3.12. The summed E-state index contributed by atoms with van der Waals surface area (Å²) in [5.74, 6) is 0.694. The van der Waals surface area contributed by atoms with Gasteiger partial charge in [0.1, 0.15) is 0 Å². The lowest BCUT2D eigenvalue weighted by Gasteiger charge is -2.12. The number of guanidine groups is 1. The molecule has 1 aromatic rings. The fourth-order valence-electron chi connectivity index (χ4n) is 2.31. The molecule has 1 rings (SSSR count). The van der Waals surface area contributed by atoms with Crippen molar-refractivity contribution in [3.05, 3.63) is 29.8 Å². The van der Waals surface area contributed by atoms with Gasteiger partial charge in [0.2, 0.25) is 5.91 Å². The van der Waals surface area contributed by atoms with Crippen molar-refractivity contribution < 1.29 is 14.3 Å². The highest BCUT2D eigenvalue weighted by Crippen LogP contribution is 2.09. The van der Waals surface area contributed by atoms with E-state index in [1.165, 1.54) is 12.5 Å². The summed E-state index contributed by atoms with van der Waals surface area (Å²) in [7, 11) is 1.75. The Bertz CT molecular complexity index is 547. The highest BCUT2D eigenvalue weighted by Gasteiger charge is 1.99. The molecule has 0 bridgehead atoms. The molecule has 27 heavy (non-hydrogen) atoms. The molecular weight excluding hydrogens is 344 g/mol. The first-order chi connectivity index (χ1) is 13.2. The molecular formula is C20H34N4O3. The second-order valence-electron chi connectivity index (χ2n) is 6.13. The second kappa shape index (κ2) is 15.0. The van der Waals surface area contributed by atoms with Crippen molar-refractivity contribution in [3.8, 4) is 0 Å². The van der Waals surface area contributed by atoms with Gasteiger partial charge >= 0.3 is 0 Å². The number of rotatable bonds is 13. The van der Waals surface area contributed by atoms with Crippen LogP contribution in [-0.4, -0.2) is 58.4 Å². The first kappa shape index (κ1) is 22.9. The Hall–Kier alpha value is -2.12. The van der Waals surface area contributed by atoms with Crippen molar-refractivity contribution in [3.63, 3.8) is 0 Å². The third-order valence-corrected chi connectivity index (χ3v) is 3.76. The van der Waals surface area contributed by atoms with Crippen LogP contribution >= 0.6 is 0 Å². The summed E-state index contributed by atoms with van der Waals surface area (Å²) in [6, 6.07) is 7.85. The number of carbonyl (C=O) groups is 1. The average molecular weight is 379 g/mol. The van der Waals surface area contributed by atoms with E-state index < -0.39 is 0 Å². The fraction of sp³-hybridized carbons (Fsp3) is 0.600. The molecule has 0 aliphatic carbocycles. The van der Waals surface area contributed by atoms with E-state index >= 15 is 0 Å². The zero-order chi connectivity index (χ0) is 19.7. The van der Waals surface area contributed by atoms with Crippen molar-refractivity contribution in [1.29, 1.82) is 0 Å². The molecule has 0 saturated heterocycles. The van der Waals surface area contributed by atoms with Crippen LogP contribution in [0.15, 0.2) is 29.3 Å². The summed E-state index contributed by atoms with van der Waals surface area (Å²) in [5.41, 5.74) is 2.01. The Morgan fingerprint density at radius 3 is 2.30 bits per heavy atom. The van der Waals surface area contributed by atoms with E-state index in [9.17, 15) is 4.79 Å². The van der Waals surface area contributed by atoms with Crippen molar-refractivity contribution in [1.82, 2.24) is 10.6 Å². The molecule has 152 valence electrons. The molecule has 0 aliphatic heterocycles. The lowest BCUT2D eigenvalue weighted by molar-refractivity contribution is -0.114. The van der Waals surface area contributed by atoms with E-state index in [4.69, 9.17) is 9.47 Å². The van der Waals surface area contributed by atoms with Crippen molar-refractivity contribution >= 4 is 17.6 Å². The van der Waals surface area contributed by atoms with Gasteiger partial charge in [0.25, 0.3) is 0 Å². The minimum absolute atomic E-state index is 0.0627. The zero-order valence-electron chi connectivity index (χ0n) is 16.8. The minimum Gasteiger partial charge on any atom is -0.379 e. The van der Waals surface area contributed by atoms with Crippen LogP contribution in [0.2, 0.25) is 0 Å². The molecule has 3 N–H and O–H groups in total. The average Bonchev–Trinajstić information content (AvgIpc) is 2.66. The number of hydrogen-bond donors (Lipinski definition) is 3. The molecule has 7 heteroatoms. The summed E-state index contributed by atoms with van der Waals surface area (Å²) in [4.78, 5) is 15.2. The number of nitrogens with one attached hydrogen (secondary N) is 3. The Kier molecular flexibility index (Phi) is 12.7. The lowest BCUT2D eigenvalue weighted by atomic mass is 10.1. The van der Waals surface area contributed by atoms with E-state index in [1.807, 2.05) is 24.3 Å². The Balaban J connectivity index is 2.10. The molecule has 0 heterocycles. The topological polar surface area (TPSA) is 84.0 Å². The molecule has 1 amide bonds. The summed E-state index contributed by atoms with van der Waals surface area (Å²) < 4.78 is 11.0. The first-order valence-electron chi connectivity index (χ1n) is 9.62. The minimum atomic E-state index is -0.0627. The van der Waals surface area contributed by atoms with Gasteiger partial charge in [0, 0.05) is 39.4 Å². The number of unbranched alkanes of at least 4 members (excludes halogenated alkanes) is 1. The van der Waals surface area contributed by atoms with Gasteiger partial charge in [-0.15, -0.1) is 0 Å². The molecule has 0 atom stereocenters. The maximum Gasteiger partial charge on any atom is 0.221 e.